The number of hydrogen-bond donors (Lipinski definition) is 1. The lowest BCUT2D eigenvalue weighted by molar-refractivity contribution is 0.460. The van der Waals surface area contributed by atoms with Gasteiger partial charge in [0.1, 0.15) is 5.69 Å². The fourth-order valence-electron chi connectivity index (χ4n) is 2.72. The maximum Gasteiger partial charge on any atom is 0.278 e. The summed E-state index contributed by atoms with van der Waals surface area (Å²) in [6, 6.07) is 3.81. The van der Waals surface area contributed by atoms with E-state index in [1.807, 2.05) is 26.0 Å². The van der Waals surface area contributed by atoms with Crippen LogP contribution in [-0.4, -0.2) is 14.9 Å². The highest BCUT2D eigenvalue weighted by Crippen LogP contribution is 2.34. The van der Waals surface area contributed by atoms with Crippen LogP contribution in [0.5, 0.6) is 5.75 Å². The van der Waals surface area contributed by atoms with E-state index in [2.05, 4.69) is 11.0 Å². The minimum absolute atomic E-state index is 0.0547. The molecule has 2 aromatic rings. The Morgan fingerprint density at radius 2 is 1.77 bits per heavy atom. The van der Waals surface area contributed by atoms with Gasteiger partial charge in [-0.25, -0.2) is 4.68 Å². The molecule has 1 aromatic carbocycles. The van der Waals surface area contributed by atoms with Gasteiger partial charge in [0, 0.05) is 12.6 Å². The summed E-state index contributed by atoms with van der Waals surface area (Å²) in [5.74, 6) is 2.59. The zero-order valence-corrected chi connectivity index (χ0v) is 13.4. The van der Waals surface area contributed by atoms with Crippen LogP contribution < -0.4 is 5.56 Å². The Kier molecular flexibility index (Phi) is 4.37. The summed E-state index contributed by atoms with van der Waals surface area (Å²) in [5.41, 5.74) is 3.94. The third-order valence-electron chi connectivity index (χ3n) is 3.87. The van der Waals surface area contributed by atoms with Crippen LogP contribution in [0.2, 0.25) is 0 Å². The van der Waals surface area contributed by atoms with Gasteiger partial charge in [0.15, 0.2) is 5.75 Å². The van der Waals surface area contributed by atoms with E-state index in [1.54, 1.807) is 14.0 Å². The second-order valence-corrected chi connectivity index (χ2v) is 5.26. The summed E-state index contributed by atoms with van der Waals surface area (Å²) < 4.78 is 1.26. The van der Waals surface area contributed by atoms with Crippen molar-refractivity contribution in [2.45, 2.75) is 33.6 Å². The first-order valence-electron chi connectivity index (χ1n) is 7.34. The van der Waals surface area contributed by atoms with Gasteiger partial charge in [-0.05, 0) is 48.6 Å². The van der Waals surface area contributed by atoms with Gasteiger partial charge in [-0.1, -0.05) is 19.8 Å². The first kappa shape index (κ1) is 15.8. The lowest BCUT2D eigenvalue weighted by atomic mass is 9.90. The average Bonchev–Trinajstić information content (AvgIpc) is 2.52. The number of terminal acetylenes is 1. The number of aryl methyl sites for hydroxylation is 4. The largest absolute Gasteiger partial charge is 0.505 e. The number of aromatic nitrogens is 2. The molecule has 0 bridgehead atoms. The van der Waals surface area contributed by atoms with Crippen molar-refractivity contribution in [3.63, 3.8) is 0 Å². The third kappa shape index (κ3) is 2.50. The molecule has 0 fully saturated rings. The summed E-state index contributed by atoms with van der Waals surface area (Å²) in [5, 5.41) is 14.4. The molecule has 0 atom stereocenters. The van der Waals surface area contributed by atoms with Gasteiger partial charge in [-0.3, -0.25) is 4.79 Å². The van der Waals surface area contributed by atoms with Gasteiger partial charge < -0.3 is 5.11 Å². The Morgan fingerprint density at radius 3 is 2.23 bits per heavy atom. The highest BCUT2D eigenvalue weighted by molar-refractivity contribution is 5.77. The average molecular weight is 296 g/mol. The first-order chi connectivity index (χ1) is 10.4. The van der Waals surface area contributed by atoms with E-state index >= 15 is 0 Å². The van der Waals surface area contributed by atoms with E-state index in [4.69, 9.17) is 6.42 Å². The van der Waals surface area contributed by atoms with Crippen molar-refractivity contribution < 1.29 is 5.11 Å². The van der Waals surface area contributed by atoms with Crippen LogP contribution in [0.4, 0.5) is 0 Å². The van der Waals surface area contributed by atoms with Gasteiger partial charge in [-0.15, -0.1) is 6.42 Å². The molecule has 1 N–H and O–H groups in total. The monoisotopic (exact) mass is 296 g/mol. The number of aromatic hydroxyl groups is 1. The molecule has 1 aromatic heterocycles. The molecule has 1 heterocycles. The number of rotatable bonds is 3. The van der Waals surface area contributed by atoms with E-state index in [0.717, 1.165) is 35.1 Å². The third-order valence-corrected chi connectivity index (χ3v) is 3.87. The molecule has 0 saturated carbocycles. The molecule has 0 aliphatic carbocycles. The fourth-order valence-corrected chi connectivity index (χ4v) is 2.72. The quantitative estimate of drug-likeness (QED) is 0.886. The molecular weight excluding hydrogens is 276 g/mol. The predicted molar refractivity (Wildman–Crippen MR) is 88.0 cm³/mol. The van der Waals surface area contributed by atoms with Crippen molar-refractivity contribution in [1.29, 1.82) is 0 Å². The molecule has 114 valence electrons. The zero-order valence-electron chi connectivity index (χ0n) is 13.4. The second-order valence-electron chi connectivity index (χ2n) is 5.26. The second kappa shape index (κ2) is 6.07. The van der Waals surface area contributed by atoms with Gasteiger partial charge in [0.2, 0.25) is 0 Å². The molecule has 0 spiro atoms. The van der Waals surface area contributed by atoms with Crippen LogP contribution in [0.25, 0.3) is 11.1 Å². The molecule has 22 heavy (non-hydrogen) atoms. The van der Waals surface area contributed by atoms with E-state index < -0.39 is 0 Å². The normalized spacial score (nSPS) is 10.5. The summed E-state index contributed by atoms with van der Waals surface area (Å²) in [7, 11) is 1.59. The summed E-state index contributed by atoms with van der Waals surface area (Å²) in [4.78, 5) is 12.5. The number of hydrogen-bond acceptors (Lipinski definition) is 3. The smallest absolute Gasteiger partial charge is 0.278 e. The van der Waals surface area contributed by atoms with Gasteiger partial charge in [0.25, 0.3) is 5.56 Å². The molecule has 4 nitrogen and oxygen atoms in total. The van der Waals surface area contributed by atoms with Crippen molar-refractivity contribution >= 4 is 0 Å². The molecule has 0 aliphatic heterocycles. The molecule has 4 heteroatoms. The SMILES string of the molecule is C#Cc1cc(CC)c(-c2c(O)c(C)nn(C)c2=O)c(CC)c1. The van der Waals surface area contributed by atoms with Gasteiger partial charge in [-0.2, -0.15) is 5.10 Å². The molecule has 0 aliphatic rings. The van der Waals surface area contributed by atoms with Crippen LogP contribution in [0.3, 0.4) is 0 Å². The standard InChI is InChI=1S/C18H20N2O2/c1-6-12-9-13(7-2)15(14(8-3)10-12)16-17(21)11(4)19-20(5)18(16)22/h1,9-10,21H,7-8H2,2-5H3. The van der Waals surface area contributed by atoms with Crippen LogP contribution in [0.1, 0.15) is 36.2 Å². The number of benzene rings is 1. The minimum Gasteiger partial charge on any atom is -0.505 e. The Morgan fingerprint density at radius 1 is 1.23 bits per heavy atom. The first-order valence-corrected chi connectivity index (χ1v) is 7.34. The Hall–Kier alpha value is -2.54. The fraction of sp³-hybridized carbons (Fsp3) is 0.333. The van der Waals surface area contributed by atoms with Crippen LogP contribution in [0, 0.1) is 19.3 Å². The topological polar surface area (TPSA) is 55.1 Å². The van der Waals surface area contributed by atoms with E-state index in [-0.39, 0.29) is 11.3 Å². The summed E-state index contributed by atoms with van der Waals surface area (Å²) >= 11 is 0. The molecule has 0 radical (unpaired) electrons. The molecular formula is C18H20N2O2. The lowest BCUT2D eigenvalue weighted by Gasteiger charge is -2.16. The van der Waals surface area contributed by atoms with E-state index in [1.165, 1.54) is 4.68 Å². The molecule has 0 amide bonds. The molecule has 0 saturated heterocycles. The minimum atomic E-state index is -0.305. The lowest BCUT2D eigenvalue weighted by Crippen LogP contribution is -2.23. The van der Waals surface area contributed by atoms with Crippen molar-refractivity contribution in [2.75, 3.05) is 0 Å². The van der Waals surface area contributed by atoms with Crippen molar-refractivity contribution in [3.05, 3.63) is 44.9 Å². The van der Waals surface area contributed by atoms with E-state index in [9.17, 15) is 9.90 Å². The molecule has 2 rings (SSSR count). The highest BCUT2D eigenvalue weighted by atomic mass is 16.3. The zero-order chi connectivity index (χ0) is 16.4. The maximum absolute atomic E-state index is 12.5. The van der Waals surface area contributed by atoms with Gasteiger partial charge in [0.05, 0.1) is 5.56 Å². The highest BCUT2D eigenvalue weighted by Gasteiger charge is 2.20. The Bertz CT molecular complexity index is 801. The molecule has 0 unspecified atom stereocenters. The van der Waals surface area contributed by atoms with Crippen molar-refractivity contribution in [3.8, 4) is 29.2 Å². The van der Waals surface area contributed by atoms with Crippen LogP contribution in [0.15, 0.2) is 16.9 Å². The van der Waals surface area contributed by atoms with Crippen molar-refractivity contribution in [1.82, 2.24) is 9.78 Å². The van der Waals surface area contributed by atoms with Gasteiger partial charge >= 0.3 is 0 Å². The van der Waals surface area contributed by atoms with Crippen molar-refractivity contribution in [2.24, 2.45) is 7.05 Å². The van der Waals surface area contributed by atoms with Crippen LogP contribution >= 0.6 is 0 Å². The summed E-state index contributed by atoms with van der Waals surface area (Å²) in [6.07, 6.45) is 6.97. The summed E-state index contributed by atoms with van der Waals surface area (Å²) in [6.45, 7) is 5.70. The van der Waals surface area contributed by atoms with Crippen LogP contribution in [-0.2, 0) is 19.9 Å². The maximum atomic E-state index is 12.5. The predicted octanol–water partition coefficient (Wildman–Crippen LogP) is 2.57. The Labute approximate surface area is 130 Å². The number of nitrogens with zero attached hydrogens (tertiary/aromatic N) is 2. The van der Waals surface area contributed by atoms with E-state index in [0.29, 0.717) is 11.3 Å². The Balaban J connectivity index is 2.96.